The van der Waals surface area contributed by atoms with Crippen molar-refractivity contribution in [2.24, 2.45) is 11.8 Å². The van der Waals surface area contributed by atoms with Gasteiger partial charge in [0.15, 0.2) is 0 Å². The lowest BCUT2D eigenvalue weighted by atomic mass is 9.74. The zero-order valence-corrected chi connectivity index (χ0v) is 13.8. The Bertz CT molecular complexity index is 376. The average molecular weight is 306 g/mol. The van der Waals surface area contributed by atoms with Gasteiger partial charge in [0.05, 0.1) is 17.4 Å². The summed E-state index contributed by atoms with van der Waals surface area (Å²) in [5.74, 6) is 6.88. The van der Waals surface area contributed by atoms with Crippen LogP contribution < -0.4 is 11.3 Å². The summed E-state index contributed by atoms with van der Waals surface area (Å²) < 4.78 is 28.9. The maximum atomic E-state index is 11.6. The Morgan fingerprint density at radius 1 is 1.40 bits per heavy atom. The van der Waals surface area contributed by atoms with Crippen molar-refractivity contribution >= 4 is 9.84 Å². The van der Waals surface area contributed by atoms with E-state index in [1.807, 2.05) is 0 Å². The van der Waals surface area contributed by atoms with Crippen molar-refractivity contribution in [3.63, 3.8) is 0 Å². The van der Waals surface area contributed by atoms with Crippen LogP contribution in [0.25, 0.3) is 0 Å². The molecule has 120 valence electrons. The molecule has 0 heterocycles. The molecule has 3 N–H and O–H groups in total. The Kier molecular flexibility index (Phi) is 6.91. The molecular weight excluding hydrogens is 276 g/mol. The summed E-state index contributed by atoms with van der Waals surface area (Å²) in [4.78, 5) is 0. The molecule has 0 aromatic heterocycles. The summed E-state index contributed by atoms with van der Waals surface area (Å²) in [6, 6.07) is 0.0204. The van der Waals surface area contributed by atoms with Crippen LogP contribution in [0.1, 0.15) is 52.4 Å². The summed E-state index contributed by atoms with van der Waals surface area (Å²) in [7, 11) is -1.16. The third-order valence-corrected chi connectivity index (χ3v) is 6.54. The van der Waals surface area contributed by atoms with E-state index in [0.717, 1.165) is 38.0 Å². The summed E-state index contributed by atoms with van der Waals surface area (Å²) in [6.45, 7) is 3.95. The van der Waals surface area contributed by atoms with Crippen molar-refractivity contribution in [1.29, 1.82) is 0 Å². The van der Waals surface area contributed by atoms with E-state index in [1.165, 1.54) is 0 Å². The minimum absolute atomic E-state index is 0.0204. The first-order valence-electron chi connectivity index (χ1n) is 7.61. The van der Waals surface area contributed by atoms with Crippen LogP contribution in [0.4, 0.5) is 0 Å². The number of hydrogen-bond acceptors (Lipinski definition) is 5. The lowest BCUT2D eigenvalue weighted by molar-refractivity contribution is -0.0766. The number of sulfone groups is 1. The van der Waals surface area contributed by atoms with E-state index in [0.29, 0.717) is 6.42 Å². The average Bonchev–Trinajstić information content (AvgIpc) is 2.45. The topological polar surface area (TPSA) is 81.4 Å². The van der Waals surface area contributed by atoms with E-state index >= 15 is 0 Å². The fourth-order valence-corrected chi connectivity index (χ4v) is 3.99. The van der Waals surface area contributed by atoms with Crippen molar-refractivity contribution < 1.29 is 13.2 Å². The highest BCUT2D eigenvalue weighted by Gasteiger charge is 2.40. The quantitative estimate of drug-likeness (QED) is 0.526. The van der Waals surface area contributed by atoms with Gasteiger partial charge in [-0.05, 0) is 44.4 Å². The van der Waals surface area contributed by atoms with Crippen molar-refractivity contribution in [3.05, 3.63) is 0 Å². The molecule has 0 saturated heterocycles. The maximum absolute atomic E-state index is 11.6. The van der Waals surface area contributed by atoms with Gasteiger partial charge in [0.25, 0.3) is 0 Å². The van der Waals surface area contributed by atoms with Gasteiger partial charge in [-0.2, -0.15) is 0 Å². The molecule has 5 nitrogen and oxygen atoms in total. The summed E-state index contributed by atoms with van der Waals surface area (Å²) in [6.07, 6.45) is 5.61. The van der Waals surface area contributed by atoms with Crippen LogP contribution in [0.3, 0.4) is 0 Å². The van der Waals surface area contributed by atoms with Gasteiger partial charge in [-0.3, -0.25) is 11.3 Å². The van der Waals surface area contributed by atoms with Gasteiger partial charge in [0.1, 0.15) is 9.84 Å². The second kappa shape index (κ2) is 7.73. The molecular formula is C14H30N2O3S. The summed E-state index contributed by atoms with van der Waals surface area (Å²) >= 11 is 0. The van der Waals surface area contributed by atoms with Gasteiger partial charge < -0.3 is 4.74 Å². The molecule has 1 fully saturated rings. The Hall–Kier alpha value is -0.170. The van der Waals surface area contributed by atoms with Gasteiger partial charge in [-0.1, -0.05) is 13.8 Å². The van der Waals surface area contributed by atoms with Gasteiger partial charge in [-0.15, -0.1) is 0 Å². The molecule has 0 aliphatic heterocycles. The standard InChI is InChI=1S/C14H30N2O3S/c1-4-20(17,18)11-5-6-13(16-15)14(19-3)9-7-12(2)8-10-14/h12-13,16H,4-11,15H2,1-3H3. The molecule has 0 aromatic rings. The first-order valence-corrected chi connectivity index (χ1v) is 9.43. The molecule has 0 amide bonds. The van der Waals surface area contributed by atoms with Crippen LogP contribution in [0.5, 0.6) is 0 Å². The van der Waals surface area contributed by atoms with Gasteiger partial charge >= 0.3 is 0 Å². The van der Waals surface area contributed by atoms with Crippen LogP contribution >= 0.6 is 0 Å². The van der Waals surface area contributed by atoms with Crippen LogP contribution in [0, 0.1) is 5.92 Å². The third-order valence-electron chi connectivity index (χ3n) is 4.75. The highest BCUT2D eigenvalue weighted by atomic mass is 32.2. The molecule has 1 unspecified atom stereocenters. The Balaban J connectivity index is 2.59. The highest BCUT2D eigenvalue weighted by molar-refractivity contribution is 7.91. The number of rotatable bonds is 8. The van der Waals surface area contributed by atoms with Crippen molar-refractivity contribution in [3.8, 4) is 0 Å². The first-order chi connectivity index (χ1) is 9.39. The van der Waals surface area contributed by atoms with Crippen molar-refractivity contribution in [2.45, 2.75) is 64.0 Å². The smallest absolute Gasteiger partial charge is 0.150 e. The number of nitrogens with two attached hydrogens (primary N) is 1. The molecule has 0 bridgehead atoms. The zero-order chi connectivity index (χ0) is 15.2. The molecule has 1 aliphatic carbocycles. The SMILES string of the molecule is CCS(=O)(=O)CCCC(NN)C1(OC)CCC(C)CC1. The molecule has 0 spiro atoms. The summed E-state index contributed by atoms with van der Waals surface area (Å²) in [5.41, 5.74) is 2.62. The van der Waals surface area contributed by atoms with Crippen LogP contribution in [0.2, 0.25) is 0 Å². The van der Waals surface area contributed by atoms with Crippen LogP contribution in [-0.2, 0) is 14.6 Å². The molecule has 6 heteroatoms. The molecule has 1 rings (SSSR count). The lowest BCUT2D eigenvalue weighted by Gasteiger charge is -2.43. The predicted octanol–water partition coefficient (Wildman–Crippen LogP) is 1.63. The van der Waals surface area contributed by atoms with Gasteiger partial charge in [0.2, 0.25) is 0 Å². The molecule has 1 aliphatic rings. The first kappa shape index (κ1) is 17.9. The maximum Gasteiger partial charge on any atom is 0.150 e. The molecule has 1 saturated carbocycles. The predicted molar refractivity (Wildman–Crippen MR) is 82.0 cm³/mol. The van der Waals surface area contributed by atoms with E-state index in [9.17, 15) is 8.42 Å². The van der Waals surface area contributed by atoms with Crippen molar-refractivity contribution in [1.82, 2.24) is 5.43 Å². The summed E-state index contributed by atoms with van der Waals surface area (Å²) in [5, 5.41) is 0. The molecule has 0 radical (unpaired) electrons. The fourth-order valence-electron chi connectivity index (χ4n) is 3.10. The number of hydrazine groups is 1. The van der Waals surface area contributed by atoms with E-state index in [4.69, 9.17) is 10.6 Å². The van der Waals surface area contributed by atoms with Gasteiger partial charge in [0, 0.05) is 12.9 Å². The number of methoxy groups -OCH3 is 1. The highest BCUT2D eigenvalue weighted by Crippen LogP contribution is 2.37. The lowest BCUT2D eigenvalue weighted by Crippen LogP contribution is -2.56. The van der Waals surface area contributed by atoms with Gasteiger partial charge in [-0.25, -0.2) is 8.42 Å². The number of ether oxygens (including phenoxy) is 1. The minimum atomic E-state index is -2.90. The van der Waals surface area contributed by atoms with E-state index in [-0.39, 0.29) is 23.1 Å². The zero-order valence-electron chi connectivity index (χ0n) is 13.0. The molecule has 0 aromatic carbocycles. The third kappa shape index (κ3) is 4.69. The second-order valence-corrected chi connectivity index (χ2v) is 8.52. The largest absolute Gasteiger partial charge is 0.377 e. The minimum Gasteiger partial charge on any atom is -0.377 e. The number of hydrogen-bond donors (Lipinski definition) is 2. The Morgan fingerprint density at radius 2 is 2.00 bits per heavy atom. The molecule has 1 atom stereocenters. The van der Waals surface area contributed by atoms with E-state index in [1.54, 1.807) is 14.0 Å². The Morgan fingerprint density at radius 3 is 2.45 bits per heavy atom. The fraction of sp³-hybridized carbons (Fsp3) is 1.00. The normalized spacial score (nSPS) is 29.3. The van der Waals surface area contributed by atoms with Crippen LogP contribution in [-0.4, -0.2) is 38.7 Å². The second-order valence-electron chi connectivity index (χ2n) is 6.05. The number of nitrogens with one attached hydrogen (secondary N) is 1. The van der Waals surface area contributed by atoms with E-state index in [2.05, 4.69) is 12.3 Å². The monoisotopic (exact) mass is 306 g/mol. The Labute approximate surface area is 123 Å². The van der Waals surface area contributed by atoms with Crippen LogP contribution in [0.15, 0.2) is 0 Å². The molecule has 20 heavy (non-hydrogen) atoms. The van der Waals surface area contributed by atoms with Crippen molar-refractivity contribution in [2.75, 3.05) is 18.6 Å². The van der Waals surface area contributed by atoms with E-state index < -0.39 is 9.84 Å².